The summed E-state index contributed by atoms with van der Waals surface area (Å²) in [5, 5.41) is 0. The Bertz CT molecular complexity index is 587. The fourth-order valence-electron chi connectivity index (χ4n) is 2.24. The summed E-state index contributed by atoms with van der Waals surface area (Å²) >= 11 is 0. The molecule has 1 aliphatic carbocycles. The molecule has 1 aromatic carbocycles. The maximum atomic E-state index is 12.6. The number of halogens is 3. The summed E-state index contributed by atoms with van der Waals surface area (Å²) in [7, 11) is -3.99. The van der Waals surface area contributed by atoms with E-state index >= 15 is 0 Å². The van der Waals surface area contributed by atoms with Gasteiger partial charge in [0, 0.05) is 12.1 Å². The summed E-state index contributed by atoms with van der Waals surface area (Å²) in [6, 6.07) is 2.96. The van der Waals surface area contributed by atoms with Gasteiger partial charge in [0.1, 0.15) is 0 Å². The standard InChI is InChI=1S/C12H15F3N2O2S/c13-12(14,15)8-3-1-4-9(7-8)20(18,19)17-11-6-2-5-10(11)16/h1,3-4,7,10-11,17H,2,5-6,16H2. The Kier molecular flexibility index (Phi) is 4.08. The first-order chi connectivity index (χ1) is 9.20. The van der Waals surface area contributed by atoms with Crippen molar-refractivity contribution in [1.29, 1.82) is 0 Å². The molecule has 112 valence electrons. The predicted molar refractivity (Wildman–Crippen MR) is 67.4 cm³/mol. The number of sulfonamides is 1. The summed E-state index contributed by atoms with van der Waals surface area (Å²) in [5.41, 5.74) is 4.77. The zero-order valence-corrected chi connectivity index (χ0v) is 11.3. The van der Waals surface area contributed by atoms with Gasteiger partial charge in [-0.05, 0) is 31.0 Å². The van der Waals surface area contributed by atoms with Crippen LogP contribution in [0.25, 0.3) is 0 Å². The van der Waals surface area contributed by atoms with Crippen molar-refractivity contribution >= 4 is 10.0 Å². The fourth-order valence-corrected chi connectivity index (χ4v) is 3.61. The van der Waals surface area contributed by atoms with E-state index in [1.165, 1.54) is 0 Å². The van der Waals surface area contributed by atoms with Crippen molar-refractivity contribution in [2.75, 3.05) is 0 Å². The van der Waals surface area contributed by atoms with Gasteiger partial charge in [0.25, 0.3) is 0 Å². The maximum Gasteiger partial charge on any atom is 0.416 e. The number of hydrogen-bond acceptors (Lipinski definition) is 3. The van der Waals surface area contributed by atoms with E-state index in [-0.39, 0.29) is 6.04 Å². The second-order valence-electron chi connectivity index (χ2n) is 4.85. The number of rotatable bonds is 3. The highest BCUT2D eigenvalue weighted by Gasteiger charge is 2.33. The Morgan fingerprint density at radius 3 is 2.50 bits per heavy atom. The summed E-state index contributed by atoms with van der Waals surface area (Å²) in [6.07, 6.45) is -2.47. The van der Waals surface area contributed by atoms with Crippen molar-refractivity contribution < 1.29 is 21.6 Å². The number of hydrogen-bond donors (Lipinski definition) is 2. The van der Waals surface area contributed by atoms with Crippen molar-refractivity contribution in [2.45, 2.75) is 42.4 Å². The molecule has 2 atom stereocenters. The van der Waals surface area contributed by atoms with Crippen LogP contribution in [0.5, 0.6) is 0 Å². The SMILES string of the molecule is NC1CCCC1NS(=O)(=O)c1cccc(C(F)(F)F)c1. The molecule has 3 N–H and O–H groups in total. The molecule has 2 unspecified atom stereocenters. The molecular weight excluding hydrogens is 293 g/mol. The Balaban J connectivity index is 2.25. The van der Waals surface area contributed by atoms with Gasteiger partial charge >= 0.3 is 6.18 Å². The zero-order chi connectivity index (χ0) is 15.0. The molecule has 1 aliphatic rings. The van der Waals surface area contributed by atoms with E-state index < -0.39 is 32.7 Å². The average molecular weight is 308 g/mol. The normalized spacial score (nSPS) is 24.0. The van der Waals surface area contributed by atoms with Crippen LogP contribution < -0.4 is 10.5 Å². The lowest BCUT2D eigenvalue weighted by Gasteiger charge is -2.17. The van der Waals surface area contributed by atoms with Crippen LogP contribution in [0.3, 0.4) is 0 Å². The van der Waals surface area contributed by atoms with Gasteiger partial charge in [0.15, 0.2) is 0 Å². The van der Waals surface area contributed by atoms with Crippen LogP contribution in [0.1, 0.15) is 24.8 Å². The molecule has 0 aliphatic heterocycles. The molecule has 4 nitrogen and oxygen atoms in total. The van der Waals surface area contributed by atoms with E-state index in [2.05, 4.69) is 4.72 Å². The summed E-state index contributed by atoms with van der Waals surface area (Å²) < 4.78 is 64.3. The third kappa shape index (κ3) is 3.31. The minimum Gasteiger partial charge on any atom is -0.326 e. The minimum absolute atomic E-state index is 0.296. The third-order valence-corrected chi connectivity index (χ3v) is 4.84. The largest absolute Gasteiger partial charge is 0.416 e. The molecule has 20 heavy (non-hydrogen) atoms. The number of benzene rings is 1. The van der Waals surface area contributed by atoms with Gasteiger partial charge in [-0.3, -0.25) is 0 Å². The van der Waals surface area contributed by atoms with Crippen LogP contribution in [0, 0.1) is 0 Å². The first kappa shape index (κ1) is 15.3. The maximum absolute atomic E-state index is 12.6. The summed E-state index contributed by atoms with van der Waals surface area (Å²) in [6.45, 7) is 0. The van der Waals surface area contributed by atoms with Crippen LogP contribution in [-0.2, 0) is 16.2 Å². The molecule has 0 heterocycles. The molecule has 1 aromatic rings. The first-order valence-corrected chi connectivity index (χ1v) is 7.63. The molecule has 8 heteroatoms. The zero-order valence-electron chi connectivity index (χ0n) is 10.5. The quantitative estimate of drug-likeness (QED) is 0.895. The van der Waals surface area contributed by atoms with Gasteiger partial charge < -0.3 is 5.73 Å². The topological polar surface area (TPSA) is 72.2 Å². The lowest BCUT2D eigenvalue weighted by molar-refractivity contribution is -0.137. The first-order valence-electron chi connectivity index (χ1n) is 6.15. The molecule has 0 bridgehead atoms. The van der Waals surface area contributed by atoms with Crippen molar-refractivity contribution in [3.63, 3.8) is 0 Å². The van der Waals surface area contributed by atoms with Gasteiger partial charge in [0.05, 0.1) is 10.5 Å². The lowest BCUT2D eigenvalue weighted by atomic mass is 10.2. The summed E-state index contributed by atoms with van der Waals surface area (Å²) in [4.78, 5) is -0.397. The fraction of sp³-hybridized carbons (Fsp3) is 0.500. The second-order valence-corrected chi connectivity index (χ2v) is 6.56. The molecule has 2 rings (SSSR count). The smallest absolute Gasteiger partial charge is 0.326 e. The molecule has 0 aromatic heterocycles. The highest BCUT2D eigenvalue weighted by Crippen LogP contribution is 2.30. The number of nitrogens with two attached hydrogens (primary N) is 1. The summed E-state index contributed by atoms with van der Waals surface area (Å²) in [5.74, 6) is 0. The van der Waals surface area contributed by atoms with E-state index in [0.29, 0.717) is 18.9 Å². The van der Waals surface area contributed by atoms with E-state index in [1.54, 1.807) is 0 Å². The van der Waals surface area contributed by atoms with Crippen molar-refractivity contribution in [3.05, 3.63) is 29.8 Å². The van der Waals surface area contributed by atoms with Gasteiger partial charge in [-0.15, -0.1) is 0 Å². The third-order valence-electron chi connectivity index (χ3n) is 3.35. The Hall–Kier alpha value is -1.12. The molecule has 0 radical (unpaired) electrons. The van der Waals surface area contributed by atoms with E-state index in [9.17, 15) is 21.6 Å². The van der Waals surface area contributed by atoms with Crippen LogP contribution >= 0.6 is 0 Å². The van der Waals surface area contributed by atoms with Crippen LogP contribution in [0.15, 0.2) is 29.2 Å². The Labute approximate surface area is 115 Å². The van der Waals surface area contributed by atoms with Gasteiger partial charge in [-0.2, -0.15) is 13.2 Å². The van der Waals surface area contributed by atoms with Gasteiger partial charge in [-0.25, -0.2) is 13.1 Å². The highest BCUT2D eigenvalue weighted by atomic mass is 32.2. The van der Waals surface area contributed by atoms with Crippen molar-refractivity contribution in [3.8, 4) is 0 Å². The number of nitrogens with one attached hydrogen (secondary N) is 1. The number of alkyl halides is 3. The van der Waals surface area contributed by atoms with E-state index in [1.807, 2.05) is 0 Å². The lowest BCUT2D eigenvalue weighted by Crippen LogP contribution is -2.43. The Morgan fingerprint density at radius 1 is 1.25 bits per heavy atom. The highest BCUT2D eigenvalue weighted by molar-refractivity contribution is 7.89. The molecule has 1 fully saturated rings. The monoisotopic (exact) mass is 308 g/mol. The van der Waals surface area contributed by atoms with E-state index in [4.69, 9.17) is 5.73 Å². The molecule has 0 amide bonds. The molecular formula is C12H15F3N2O2S. The van der Waals surface area contributed by atoms with Crippen LogP contribution in [0.2, 0.25) is 0 Å². The molecule has 1 saturated carbocycles. The van der Waals surface area contributed by atoms with Crippen molar-refractivity contribution in [1.82, 2.24) is 4.72 Å². The second kappa shape index (κ2) is 5.34. The van der Waals surface area contributed by atoms with E-state index in [0.717, 1.165) is 24.6 Å². The Morgan fingerprint density at radius 2 is 1.95 bits per heavy atom. The molecule has 0 saturated heterocycles. The average Bonchev–Trinajstić information content (AvgIpc) is 2.73. The van der Waals surface area contributed by atoms with Crippen LogP contribution in [-0.4, -0.2) is 20.5 Å². The minimum atomic E-state index is -4.57. The van der Waals surface area contributed by atoms with Gasteiger partial charge in [-0.1, -0.05) is 12.5 Å². The molecule has 0 spiro atoms. The predicted octanol–water partition coefficient (Wildman–Crippen LogP) is 1.86. The van der Waals surface area contributed by atoms with Crippen LogP contribution in [0.4, 0.5) is 13.2 Å². The van der Waals surface area contributed by atoms with Crippen molar-refractivity contribution in [2.24, 2.45) is 5.73 Å². The van der Waals surface area contributed by atoms with Gasteiger partial charge in [0.2, 0.25) is 10.0 Å².